The Kier molecular flexibility index (Phi) is 8.50. The largest absolute Gasteiger partial charge is 0.456 e. The molecule has 0 bridgehead atoms. The van der Waals surface area contributed by atoms with Gasteiger partial charge in [0, 0.05) is 28.7 Å². The predicted octanol–water partition coefficient (Wildman–Crippen LogP) is 8.77. The molecule has 0 saturated heterocycles. The van der Waals surface area contributed by atoms with Gasteiger partial charge in [-0.3, -0.25) is 9.59 Å². The molecule has 1 unspecified atom stereocenters. The van der Waals surface area contributed by atoms with E-state index >= 15 is 0 Å². The second-order valence-corrected chi connectivity index (χ2v) is 11.1. The number of furan rings is 1. The van der Waals surface area contributed by atoms with E-state index in [1.54, 1.807) is 0 Å². The van der Waals surface area contributed by atoms with Crippen LogP contribution in [0, 0.1) is 0 Å². The Morgan fingerprint density at radius 3 is 2.28 bits per heavy atom. The summed E-state index contributed by atoms with van der Waals surface area (Å²) in [5.74, 6) is 0.219. The van der Waals surface area contributed by atoms with E-state index in [9.17, 15) is 9.59 Å². The van der Waals surface area contributed by atoms with Crippen molar-refractivity contribution in [3.8, 4) is 11.3 Å². The lowest BCUT2D eigenvalue weighted by atomic mass is 9.88. The van der Waals surface area contributed by atoms with Crippen molar-refractivity contribution in [1.82, 2.24) is 5.32 Å². The summed E-state index contributed by atoms with van der Waals surface area (Å²) in [5.41, 5.74) is 7.72. The van der Waals surface area contributed by atoms with Crippen LogP contribution in [-0.4, -0.2) is 18.4 Å². The second kappa shape index (κ2) is 13.0. The van der Waals surface area contributed by atoms with Crippen molar-refractivity contribution in [3.63, 3.8) is 0 Å². The van der Waals surface area contributed by atoms with Crippen molar-refractivity contribution >= 4 is 34.0 Å². The maximum atomic E-state index is 13.8. The van der Waals surface area contributed by atoms with Crippen molar-refractivity contribution in [2.75, 3.05) is 11.9 Å². The topological polar surface area (TPSA) is 71.3 Å². The van der Waals surface area contributed by atoms with Crippen molar-refractivity contribution < 1.29 is 14.0 Å². The predicted molar refractivity (Wildman–Crippen MR) is 174 cm³/mol. The maximum absolute atomic E-state index is 13.8. The normalized spacial score (nSPS) is 13.7. The van der Waals surface area contributed by atoms with Crippen LogP contribution in [-0.2, 0) is 11.2 Å². The van der Waals surface area contributed by atoms with Crippen molar-refractivity contribution in [2.24, 2.45) is 0 Å². The fourth-order valence-electron chi connectivity index (χ4n) is 5.75. The van der Waals surface area contributed by atoms with Gasteiger partial charge in [0.15, 0.2) is 0 Å². The van der Waals surface area contributed by atoms with Crippen LogP contribution in [0.4, 0.5) is 5.69 Å². The number of hydrogen-bond acceptors (Lipinski definition) is 3. The highest BCUT2D eigenvalue weighted by Crippen LogP contribution is 2.31. The SMILES string of the molecule is CCNC(=O)c1ccc(CC(C(=O)Nc2ccc(-c3cc4ccccc4o3)cc2)c2ccc(C3=CCCCC3)cc2)cc1. The molecule has 1 aliphatic rings. The van der Waals surface area contributed by atoms with E-state index in [4.69, 9.17) is 4.42 Å². The third-order valence-electron chi connectivity index (χ3n) is 8.15. The Morgan fingerprint density at radius 2 is 1.58 bits per heavy atom. The molecule has 1 atom stereocenters. The summed E-state index contributed by atoms with van der Waals surface area (Å²) in [6.45, 7) is 2.48. The van der Waals surface area contributed by atoms with Gasteiger partial charge in [-0.05, 0) is 110 Å². The average Bonchev–Trinajstić information content (AvgIpc) is 3.49. The lowest BCUT2D eigenvalue weighted by Gasteiger charge is -2.19. The molecule has 0 aliphatic heterocycles. The Labute approximate surface area is 252 Å². The van der Waals surface area contributed by atoms with Crippen molar-refractivity contribution in [2.45, 2.75) is 44.9 Å². The first kappa shape index (κ1) is 28.2. The Bertz CT molecular complexity index is 1710. The van der Waals surface area contributed by atoms with Crippen LogP contribution in [0.25, 0.3) is 27.9 Å². The van der Waals surface area contributed by atoms with Gasteiger partial charge in [0.1, 0.15) is 11.3 Å². The Morgan fingerprint density at radius 1 is 0.837 bits per heavy atom. The van der Waals surface area contributed by atoms with Crippen LogP contribution in [0.5, 0.6) is 0 Å². The van der Waals surface area contributed by atoms with Crippen molar-refractivity contribution in [3.05, 3.63) is 131 Å². The van der Waals surface area contributed by atoms with Gasteiger partial charge in [0.2, 0.25) is 5.91 Å². The monoisotopic (exact) mass is 568 g/mol. The highest BCUT2D eigenvalue weighted by atomic mass is 16.3. The molecule has 0 spiro atoms. The van der Waals surface area contributed by atoms with E-state index < -0.39 is 5.92 Å². The number of amides is 2. The van der Waals surface area contributed by atoms with E-state index in [1.165, 1.54) is 24.0 Å². The Balaban J connectivity index is 1.23. The molecule has 4 aromatic carbocycles. The first-order valence-corrected chi connectivity index (χ1v) is 15.1. The number of allylic oxidation sites excluding steroid dienone is 2. The molecule has 2 amide bonds. The maximum Gasteiger partial charge on any atom is 0.251 e. The number of hydrogen-bond donors (Lipinski definition) is 2. The number of carbonyl (C=O) groups is 2. The van der Waals surface area contributed by atoms with Crippen LogP contribution in [0.15, 0.2) is 114 Å². The molecular formula is C38H36N2O3. The van der Waals surface area contributed by atoms with Gasteiger partial charge in [-0.15, -0.1) is 0 Å². The third-order valence-corrected chi connectivity index (χ3v) is 8.15. The molecular weight excluding hydrogens is 532 g/mol. The van der Waals surface area contributed by atoms with E-state index in [-0.39, 0.29) is 11.8 Å². The number of anilines is 1. The molecule has 2 N–H and O–H groups in total. The molecule has 216 valence electrons. The van der Waals surface area contributed by atoms with Gasteiger partial charge in [0.05, 0.1) is 5.92 Å². The summed E-state index contributed by atoms with van der Waals surface area (Å²) in [6, 6.07) is 33.7. The van der Waals surface area contributed by atoms with E-state index in [1.807, 2.05) is 85.8 Å². The van der Waals surface area contributed by atoms with Crippen molar-refractivity contribution in [1.29, 1.82) is 0 Å². The number of rotatable bonds is 9. The van der Waals surface area contributed by atoms with Crippen LogP contribution in [0.2, 0.25) is 0 Å². The van der Waals surface area contributed by atoms with Gasteiger partial charge >= 0.3 is 0 Å². The summed E-state index contributed by atoms with van der Waals surface area (Å²) in [6.07, 6.45) is 7.56. The average molecular weight is 569 g/mol. The minimum atomic E-state index is -0.403. The molecule has 5 aromatic rings. The van der Waals surface area contributed by atoms with Crippen LogP contribution in [0.1, 0.15) is 65.6 Å². The van der Waals surface area contributed by atoms with Crippen LogP contribution < -0.4 is 10.6 Å². The minimum absolute atomic E-state index is 0.0751. The van der Waals surface area contributed by atoms with E-state index in [0.29, 0.717) is 18.5 Å². The highest BCUT2D eigenvalue weighted by Gasteiger charge is 2.22. The molecule has 1 aromatic heterocycles. The molecule has 5 heteroatoms. The third kappa shape index (κ3) is 6.62. The molecule has 1 aliphatic carbocycles. The zero-order chi connectivity index (χ0) is 29.6. The quantitative estimate of drug-likeness (QED) is 0.187. The summed E-state index contributed by atoms with van der Waals surface area (Å²) in [4.78, 5) is 26.1. The highest BCUT2D eigenvalue weighted by molar-refractivity contribution is 5.97. The van der Waals surface area contributed by atoms with Gasteiger partial charge in [0.25, 0.3) is 5.91 Å². The standard InChI is InChI=1S/C38H36N2O3/c1-2-39-37(41)31-14-12-26(13-15-31)24-34(29-18-16-28(17-19-29)27-8-4-3-5-9-27)38(42)40-33-22-20-30(21-23-33)36-25-32-10-6-7-11-35(32)43-36/h6-8,10-23,25,34H,2-5,9,24H2,1H3,(H,39,41)(H,40,42). The number of para-hydroxylation sites is 1. The minimum Gasteiger partial charge on any atom is -0.456 e. The number of carbonyl (C=O) groups excluding carboxylic acids is 2. The number of nitrogens with one attached hydrogen (secondary N) is 2. The van der Waals surface area contributed by atoms with Crippen LogP contribution in [0.3, 0.4) is 0 Å². The fourth-order valence-corrected chi connectivity index (χ4v) is 5.75. The molecule has 1 heterocycles. The first-order chi connectivity index (χ1) is 21.1. The molecule has 5 nitrogen and oxygen atoms in total. The fraction of sp³-hybridized carbons (Fsp3) is 0.211. The number of benzene rings is 4. The zero-order valence-electron chi connectivity index (χ0n) is 24.4. The lowest BCUT2D eigenvalue weighted by Crippen LogP contribution is -2.24. The second-order valence-electron chi connectivity index (χ2n) is 11.1. The van der Waals surface area contributed by atoms with Crippen LogP contribution >= 0.6 is 0 Å². The summed E-state index contributed by atoms with van der Waals surface area (Å²) >= 11 is 0. The molecule has 43 heavy (non-hydrogen) atoms. The lowest BCUT2D eigenvalue weighted by molar-refractivity contribution is -0.117. The van der Waals surface area contributed by atoms with Gasteiger partial charge in [-0.25, -0.2) is 0 Å². The molecule has 0 fully saturated rings. The first-order valence-electron chi connectivity index (χ1n) is 15.1. The van der Waals surface area contributed by atoms with Gasteiger partial charge < -0.3 is 15.1 Å². The summed E-state index contributed by atoms with van der Waals surface area (Å²) < 4.78 is 6.01. The Hall–Kier alpha value is -4.90. The molecule has 0 radical (unpaired) electrons. The van der Waals surface area contributed by atoms with Gasteiger partial charge in [-0.1, -0.05) is 60.7 Å². The summed E-state index contributed by atoms with van der Waals surface area (Å²) in [7, 11) is 0. The summed E-state index contributed by atoms with van der Waals surface area (Å²) in [5, 5.41) is 7.04. The number of fused-ring (bicyclic) bond motifs is 1. The van der Waals surface area contributed by atoms with E-state index in [0.717, 1.165) is 51.9 Å². The molecule has 6 rings (SSSR count). The van der Waals surface area contributed by atoms with Gasteiger partial charge in [-0.2, -0.15) is 0 Å². The zero-order valence-corrected chi connectivity index (χ0v) is 24.4. The van der Waals surface area contributed by atoms with E-state index in [2.05, 4.69) is 41.0 Å². The smallest absolute Gasteiger partial charge is 0.251 e. The molecule has 0 saturated carbocycles.